The molecule has 76 valence electrons. The van der Waals surface area contributed by atoms with Crippen LogP contribution in [0, 0.1) is 18.3 Å². The van der Waals surface area contributed by atoms with Crippen LogP contribution in [0.3, 0.4) is 0 Å². The second kappa shape index (κ2) is 3.70. The van der Waals surface area contributed by atoms with Crippen molar-refractivity contribution in [3.05, 3.63) is 0 Å². The third kappa shape index (κ3) is 2.49. The van der Waals surface area contributed by atoms with Crippen molar-refractivity contribution in [3.63, 3.8) is 0 Å². The summed E-state index contributed by atoms with van der Waals surface area (Å²) in [5.41, 5.74) is -0.650. The lowest BCUT2D eigenvalue weighted by Crippen LogP contribution is -2.45. The Morgan fingerprint density at radius 2 is 2.36 bits per heavy atom. The Morgan fingerprint density at radius 1 is 1.71 bits per heavy atom. The molecule has 14 heavy (non-hydrogen) atoms. The molecule has 1 saturated heterocycles. The Balaban J connectivity index is 2.52. The van der Waals surface area contributed by atoms with E-state index in [0.717, 1.165) is 0 Å². The lowest BCUT2D eigenvalue weighted by atomic mass is 10.0. The first-order valence-electron chi connectivity index (χ1n) is 4.51. The van der Waals surface area contributed by atoms with Gasteiger partial charge in [0, 0.05) is 13.0 Å². The second-order valence-electron chi connectivity index (χ2n) is 3.96. The molecule has 0 radical (unpaired) electrons. The Bertz CT molecular complexity index is 302. The van der Waals surface area contributed by atoms with E-state index < -0.39 is 5.54 Å². The standard InChI is InChI=1S/C10H14N2O2/c1-4-10(2,3)12-9(14)7-5-8(13)11-6-7/h1,7H,5-6H2,2-3H3,(H,11,13)(H,12,14). The Morgan fingerprint density at radius 3 is 2.79 bits per heavy atom. The molecule has 0 aromatic heterocycles. The van der Waals surface area contributed by atoms with Gasteiger partial charge in [-0.05, 0) is 13.8 Å². The lowest BCUT2D eigenvalue weighted by molar-refractivity contribution is -0.127. The van der Waals surface area contributed by atoms with Gasteiger partial charge in [-0.3, -0.25) is 9.59 Å². The van der Waals surface area contributed by atoms with E-state index in [9.17, 15) is 9.59 Å². The lowest BCUT2D eigenvalue weighted by Gasteiger charge is -2.21. The molecule has 1 unspecified atom stereocenters. The zero-order valence-electron chi connectivity index (χ0n) is 8.39. The van der Waals surface area contributed by atoms with Gasteiger partial charge in [-0.1, -0.05) is 5.92 Å². The molecule has 0 saturated carbocycles. The highest BCUT2D eigenvalue weighted by Gasteiger charge is 2.30. The highest BCUT2D eigenvalue weighted by atomic mass is 16.2. The van der Waals surface area contributed by atoms with Crippen molar-refractivity contribution in [1.82, 2.24) is 10.6 Å². The van der Waals surface area contributed by atoms with Crippen LogP contribution in [0.15, 0.2) is 0 Å². The van der Waals surface area contributed by atoms with Crippen LogP contribution in [0.4, 0.5) is 0 Å². The van der Waals surface area contributed by atoms with Crippen LogP contribution in [0.2, 0.25) is 0 Å². The van der Waals surface area contributed by atoms with Crippen LogP contribution in [-0.2, 0) is 9.59 Å². The minimum atomic E-state index is -0.650. The van der Waals surface area contributed by atoms with Crippen molar-refractivity contribution >= 4 is 11.8 Å². The van der Waals surface area contributed by atoms with Gasteiger partial charge in [0.05, 0.1) is 11.5 Å². The molecular weight excluding hydrogens is 180 g/mol. The average Bonchev–Trinajstić information content (AvgIpc) is 2.51. The number of hydrogen-bond donors (Lipinski definition) is 2. The maximum Gasteiger partial charge on any atom is 0.226 e. The van der Waals surface area contributed by atoms with Gasteiger partial charge in [-0.2, -0.15) is 0 Å². The fourth-order valence-electron chi connectivity index (χ4n) is 1.24. The number of nitrogens with one attached hydrogen (secondary N) is 2. The smallest absolute Gasteiger partial charge is 0.226 e. The van der Waals surface area contributed by atoms with Crippen molar-refractivity contribution in [1.29, 1.82) is 0 Å². The second-order valence-corrected chi connectivity index (χ2v) is 3.96. The topological polar surface area (TPSA) is 58.2 Å². The Labute approximate surface area is 83.4 Å². The first-order chi connectivity index (χ1) is 6.44. The summed E-state index contributed by atoms with van der Waals surface area (Å²) in [7, 11) is 0. The predicted molar refractivity (Wildman–Crippen MR) is 52.2 cm³/mol. The van der Waals surface area contributed by atoms with Gasteiger partial charge in [0.2, 0.25) is 11.8 Å². The van der Waals surface area contributed by atoms with Crippen molar-refractivity contribution in [3.8, 4) is 12.3 Å². The van der Waals surface area contributed by atoms with E-state index in [1.165, 1.54) is 0 Å². The normalized spacial score (nSPS) is 21.2. The van der Waals surface area contributed by atoms with Crippen LogP contribution in [-0.4, -0.2) is 23.9 Å². The van der Waals surface area contributed by atoms with Gasteiger partial charge in [-0.15, -0.1) is 6.42 Å². The van der Waals surface area contributed by atoms with Crippen LogP contribution < -0.4 is 10.6 Å². The molecule has 0 aliphatic carbocycles. The van der Waals surface area contributed by atoms with Crippen molar-refractivity contribution < 1.29 is 9.59 Å². The monoisotopic (exact) mass is 194 g/mol. The quantitative estimate of drug-likeness (QED) is 0.590. The van der Waals surface area contributed by atoms with Crippen molar-refractivity contribution in [2.24, 2.45) is 5.92 Å². The SMILES string of the molecule is C#CC(C)(C)NC(=O)C1CNC(=O)C1. The van der Waals surface area contributed by atoms with Gasteiger partial charge in [0.1, 0.15) is 0 Å². The Kier molecular flexibility index (Phi) is 2.80. The number of amides is 2. The average molecular weight is 194 g/mol. The molecule has 1 atom stereocenters. The molecule has 4 nitrogen and oxygen atoms in total. The zero-order valence-corrected chi connectivity index (χ0v) is 8.39. The molecule has 0 aromatic rings. The maximum atomic E-state index is 11.6. The molecule has 1 heterocycles. The number of rotatable bonds is 2. The third-order valence-electron chi connectivity index (χ3n) is 2.14. The summed E-state index contributed by atoms with van der Waals surface area (Å²) in [4.78, 5) is 22.4. The molecule has 1 aliphatic heterocycles. The van der Waals surface area contributed by atoms with Crippen LogP contribution >= 0.6 is 0 Å². The summed E-state index contributed by atoms with van der Waals surface area (Å²) in [5, 5.41) is 5.30. The molecule has 2 amide bonds. The van der Waals surface area contributed by atoms with Gasteiger partial charge in [0.25, 0.3) is 0 Å². The summed E-state index contributed by atoms with van der Waals surface area (Å²) in [6.07, 6.45) is 5.49. The molecule has 2 N–H and O–H groups in total. The minimum Gasteiger partial charge on any atom is -0.355 e. The minimum absolute atomic E-state index is 0.0799. The molecule has 1 rings (SSSR count). The molecule has 4 heteroatoms. The number of hydrogen-bond acceptors (Lipinski definition) is 2. The van der Waals surface area contributed by atoms with Crippen molar-refractivity contribution in [2.45, 2.75) is 25.8 Å². The van der Waals surface area contributed by atoms with Crippen LogP contribution in [0.1, 0.15) is 20.3 Å². The maximum absolute atomic E-state index is 11.6. The third-order valence-corrected chi connectivity index (χ3v) is 2.14. The highest BCUT2D eigenvalue weighted by Crippen LogP contribution is 2.10. The van der Waals surface area contributed by atoms with Crippen LogP contribution in [0.25, 0.3) is 0 Å². The van der Waals surface area contributed by atoms with E-state index in [4.69, 9.17) is 6.42 Å². The summed E-state index contributed by atoms with van der Waals surface area (Å²) in [6, 6.07) is 0. The van der Waals surface area contributed by atoms with E-state index in [-0.39, 0.29) is 24.2 Å². The van der Waals surface area contributed by atoms with Gasteiger partial charge >= 0.3 is 0 Å². The summed E-state index contributed by atoms with van der Waals surface area (Å²) < 4.78 is 0. The fourth-order valence-corrected chi connectivity index (χ4v) is 1.24. The first kappa shape index (κ1) is 10.6. The summed E-state index contributed by atoms with van der Waals surface area (Å²) in [5.74, 6) is 1.95. The van der Waals surface area contributed by atoms with Gasteiger partial charge < -0.3 is 10.6 Å². The fraction of sp³-hybridized carbons (Fsp3) is 0.600. The molecule has 0 aromatic carbocycles. The number of carbonyl (C=O) groups is 2. The van der Waals surface area contributed by atoms with E-state index in [2.05, 4.69) is 16.6 Å². The van der Waals surface area contributed by atoms with Crippen LogP contribution in [0.5, 0.6) is 0 Å². The summed E-state index contributed by atoms with van der Waals surface area (Å²) >= 11 is 0. The molecule has 0 bridgehead atoms. The Hall–Kier alpha value is -1.50. The molecule has 0 spiro atoms. The van der Waals surface area contributed by atoms with Crippen molar-refractivity contribution in [2.75, 3.05) is 6.54 Å². The zero-order chi connectivity index (χ0) is 10.8. The van der Waals surface area contributed by atoms with E-state index in [0.29, 0.717) is 6.54 Å². The number of terminal acetylenes is 1. The molecular formula is C10H14N2O2. The number of carbonyl (C=O) groups excluding carboxylic acids is 2. The van der Waals surface area contributed by atoms with Gasteiger partial charge in [-0.25, -0.2) is 0 Å². The van der Waals surface area contributed by atoms with Gasteiger partial charge in [0.15, 0.2) is 0 Å². The summed E-state index contributed by atoms with van der Waals surface area (Å²) in [6.45, 7) is 3.90. The predicted octanol–water partition coefficient (Wildman–Crippen LogP) is -0.350. The molecule has 1 aliphatic rings. The first-order valence-corrected chi connectivity index (χ1v) is 4.51. The largest absolute Gasteiger partial charge is 0.355 e. The van der Waals surface area contributed by atoms with E-state index >= 15 is 0 Å². The highest BCUT2D eigenvalue weighted by molar-refractivity contribution is 5.89. The van der Waals surface area contributed by atoms with E-state index in [1.807, 2.05) is 0 Å². The van der Waals surface area contributed by atoms with E-state index in [1.54, 1.807) is 13.8 Å². The molecule has 1 fully saturated rings.